The van der Waals surface area contributed by atoms with Crippen LogP contribution in [0.5, 0.6) is 0 Å². The lowest BCUT2D eigenvalue weighted by Crippen LogP contribution is -2.24. The molecule has 0 fully saturated rings. The molecular weight excluding hydrogens is 350 g/mol. The van der Waals surface area contributed by atoms with Crippen molar-refractivity contribution in [3.8, 4) is 0 Å². The lowest BCUT2D eigenvalue weighted by molar-refractivity contribution is 0.0678. The molecule has 0 aliphatic carbocycles. The SMILES string of the molecule is O=c1c2ccccc2nc(SCc2nccn2C(F)F)n1CCCO. The van der Waals surface area contributed by atoms with Crippen molar-refractivity contribution in [1.82, 2.24) is 19.1 Å². The Bertz CT molecular complexity index is 926. The van der Waals surface area contributed by atoms with Crippen molar-refractivity contribution >= 4 is 22.7 Å². The zero-order chi connectivity index (χ0) is 17.8. The van der Waals surface area contributed by atoms with Gasteiger partial charge in [0, 0.05) is 25.5 Å². The van der Waals surface area contributed by atoms with Crippen LogP contribution in [0.3, 0.4) is 0 Å². The average Bonchev–Trinajstić information content (AvgIpc) is 3.08. The van der Waals surface area contributed by atoms with Crippen molar-refractivity contribution in [1.29, 1.82) is 0 Å². The minimum absolute atomic E-state index is 0.0564. The van der Waals surface area contributed by atoms with Gasteiger partial charge in [0.2, 0.25) is 0 Å². The number of rotatable bonds is 7. The van der Waals surface area contributed by atoms with E-state index < -0.39 is 6.55 Å². The second-order valence-electron chi connectivity index (χ2n) is 5.26. The summed E-state index contributed by atoms with van der Waals surface area (Å²) in [6.07, 6.45) is 2.93. The van der Waals surface area contributed by atoms with Crippen LogP contribution >= 0.6 is 11.8 Å². The van der Waals surface area contributed by atoms with Gasteiger partial charge in [0.05, 0.1) is 16.7 Å². The Morgan fingerprint density at radius 1 is 1.28 bits per heavy atom. The number of hydrogen-bond donors (Lipinski definition) is 1. The summed E-state index contributed by atoms with van der Waals surface area (Å²) in [5.74, 6) is 0.359. The van der Waals surface area contributed by atoms with Gasteiger partial charge in [-0.3, -0.25) is 13.9 Å². The van der Waals surface area contributed by atoms with Crippen LogP contribution in [0.2, 0.25) is 0 Å². The van der Waals surface area contributed by atoms with Crippen LogP contribution in [0.4, 0.5) is 8.78 Å². The Kier molecular flexibility index (Phi) is 5.44. The largest absolute Gasteiger partial charge is 0.396 e. The molecule has 1 aromatic carbocycles. The predicted octanol–water partition coefficient (Wildman–Crippen LogP) is 2.66. The summed E-state index contributed by atoms with van der Waals surface area (Å²) in [6.45, 7) is -2.42. The summed E-state index contributed by atoms with van der Waals surface area (Å²) in [6, 6.07) is 6.97. The molecule has 6 nitrogen and oxygen atoms in total. The van der Waals surface area contributed by atoms with E-state index in [0.29, 0.717) is 29.0 Å². The van der Waals surface area contributed by atoms with Gasteiger partial charge in [0.15, 0.2) is 5.16 Å². The number of benzene rings is 1. The first-order chi connectivity index (χ1) is 12.1. The summed E-state index contributed by atoms with van der Waals surface area (Å²) in [4.78, 5) is 21.1. The highest BCUT2D eigenvalue weighted by atomic mass is 32.2. The fourth-order valence-electron chi connectivity index (χ4n) is 2.45. The van der Waals surface area contributed by atoms with E-state index in [2.05, 4.69) is 9.97 Å². The molecule has 0 saturated heterocycles. The normalized spacial score (nSPS) is 11.5. The number of thioether (sulfide) groups is 1. The van der Waals surface area contributed by atoms with Gasteiger partial charge in [-0.15, -0.1) is 0 Å². The standard InChI is InChI=1S/C16H16F2N4O2S/c17-15(18)21-8-6-19-13(21)10-25-16-20-12-5-2-1-4-11(12)14(24)22(16)7-3-9-23/h1-2,4-6,8,15,23H,3,7,9-10H2. The number of fused-ring (bicyclic) bond motifs is 1. The van der Waals surface area contributed by atoms with E-state index in [1.54, 1.807) is 24.3 Å². The van der Waals surface area contributed by atoms with Gasteiger partial charge in [-0.05, 0) is 18.6 Å². The second kappa shape index (κ2) is 7.75. The van der Waals surface area contributed by atoms with Crippen LogP contribution in [0.1, 0.15) is 18.8 Å². The van der Waals surface area contributed by atoms with Crippen molar-refractivity contribution in [3.63, 3.8) is 0 Å². The van der Waals surface area contributed by atoms with Crippen molar-refractivity contribution in [2.24, 2.45) is 0 Å². The van der Waals surface area contributed by atoms with Gasteiger partial charge in [0.25, 0.3) is 5.56 Å². The molecule has 9 heteroatoms. The van der Waals surface area contributed by atoms with E-state index in [-0.39, 0.29) is 23.7 Å². The molecule has 2 aromatic heterocycles. The molecule has 3 aromatic rings. The number of hydrogen-bond acceptors (Lipinski definition) is 5. The molecule has 0 spiro atoms. The number of para-hydroxylation sites is 1. The molecule has 0 aliphatic rings. The number of alkyl halides is 2. The minimum Gasteiger partial charge on any atom is -0.396 e. The summed E-state index contributed by atoms with van der Waals surface area (Å²) in [5.41, 5.74) is 0.339. The Balaban J connectivity index is 1.96. The molecule has 0 bridgehead atoms. The highest BCUT2D eigenvalue weighted by Crippen LogP contribution is 2.23. The van der Waals surface area contributed by atoms with Gasteiger partial charge >= 0.3 is 6.55 Å². The molecule has 0 unspecified atom stereocenters. The van der Waals surface area contributed by atoms with E-state index in [4.69, 9.17) is 5.11 Å². The first-order valence-electron chi connectivity index (χ1n) is 7.65. The maximum atomic E-state index is 12.9. The fourth-order valence-corrected chi connectivity index (χ4v) is 3.42. The molecule has 2 heterocycles. The van der Waals surface area contributed by atoms with Crippen LogP contribution in [-0.4, -0.2) is 30.8 Å². The van der Waals surface area contributed by atoms with Gasteiger partial charge in [-0.2, -0.15) is 8.78 Å². The summed E-state index contributed by atoms with van der Waals surface area (Å²) in [5, 5.41) is 9.96. The van der Waals surface area contributed by atoms with Gasteiger partial charge in [0.1, 0.15) is 5.82 Å². The fraction of sp³-hybridized carbons (Fsp3) is 0.312. The minimum atomic E-state index is -2.67. The van der Waals surface area contributed by atoms with Gasteiger partial charge < -0.3 is 5.11 Å². The van der Waals surface area contributed by atoms with Crippen molar-refractivity contribution in [2.75, 3.05) is 6.61 Å². The first kappa shape index (κ1) is 17.6. The molecule has 0 saturated carbocycles. The predicted molar refractivity (Wildman–Crippen MR) is 90.7 cm³/mol. The Morgan fingerprint density at radius 2 is 2.08 bits per heavy atom. The van der Waals surface area contributed by atoms with E-state index in [1.807, 2.05) is 0 Å². The molecular formula is C16H16F2N4O2S. The lowest BCUT2D eigenvalue weighted by Gasteiger charge is -2.13. The Labute approximate surface area is 146 Å². The molecule has 132 valence electrons. The molecule has 3 rings (SSSR count). The molecule has 0 atom stereocenters. The smallest absolute Gasteiger partial charge is 0.319 e. The second-order valence-corrected chi connectivity index (χ2v) is 6.21. The van der Waals surface area contributed by atoms with Crippen LogP contribution in [-0.2, 0) is 12.3 Å². The number of aliphatic hydroxyl groups excluding tert-OH is 1. The van der Waals surface area contributed by atoms with E-state index in [9.17, 15) is 13.6 Å². The maximum absolute atomic E-state index is 12.9. The summed E-state index contributed by atoms with van der Waals surface area (Å²) in [7, 11) is 0. The van der Waals surface area contributed by atoms with Crippen molar-refractivity contribution in [3.05, 3.63) is 52.8 Å². The first-order valence-corrected chi connectivity index (χ1v) is 8.63. The number of aliphatic hydroxyl groups is 1. The van der Waals surface area contributed by atoms with Crippen LogP contribution < -0.4 is 5.56 Å². The third-order valence-electron chi connectivity index (χ3n) is 3.66. The number of aromatic nitrogens is 4. The third-order valence-corrected chi connectivity index (χ3v) is 4.63. The summed E-state index contributed by atoms with van der Waals surface area (Å²) >= 11 is 1.17. The van der Waals surface area contributed by atoms with Crippen LogP contribution in [0.15, 0.2) is 46.6 Å². The van der Waals surface area contributed by atoms with Crippen molar-refractivity contribution < 1.29 is 13.9 Å². The van der Waals surface area contributed by atoms with E-state index in [1.165, 1.54) is 28.7 Å². The van der Waals surface area contributed by atoms with Crippen molar-refractivity contribution in [2.45, 2.75) is 30.4 Å². The number of imidazole rings is 1. The zero-order valence-corrected chi connectivity index (χ0v) is 14.0. The molecule has 0 amide bonds. The molecule has 1 N–H and O–H groups in total. The highest BCUT2D eigenvalue weighted by molar-refractivity contribution is 7.98. The Hall–Kier alpha value is -2.26. The van der Waals surface area contributed by atoms with E-state index in [0.717, 1.165) is 4.57 Å². The lowest BCUT2D eigenvalue weighted by atomic mass is 10.2. The van der Waals surface area contributed by atoms with Gasteiger partial charge in [-0.25, -0.2) is 9.97 Å². The maximum Gasteiger partial charge on any atom is 0.319 e. The highest BCUT2D eigenvalue weighted by Gasteiger charge is 2.15. The Morgan fingerprint density at radius 3 is 2.84 bits per heavy atom. The molecule has 0 aliphatic heterocycles. The van der Waals surface area contributed by atoms with Gasteiger partial charge in [-0.1, -0.05) is 23.9 Å². The quantitative estimate of drug-likeness (QED) is 0.514. The number of nitrogens with zero attached hydrogens (tertiary/aromatic N) is 4. The monoisotopic (exact) mass is 366 g/mol. The third kappa shape index (κ3) is 3.72. The average molecular weight is 366 g/mol. The molecule has 0 radical (unpaired) electrons. The van der Waals surface area contributed by atoms with Crippen LogP contribution in [0.25, 0.3) is 10.9 Å². The van der Waals surface area contributed by atoms with Crippen LogP contribution in [0, 0.1) is 0 Å². The molecule has 25 heavy (non-hydrogen) atoms. The zero-order valence-electron chi connectivity index (χ0n) is 13.2. The number of halogens is 2. The summed E-state index contributed by atoms with van der Waals surface area (Å²) < 4.78 is 28.1. The topological polar surface area (TPSA) is 72.9 Å². The van der Waals surface area contributed by atoms with E-state index >= 15 is 0 Å².